The molecular formula is C13H26N2O4S. The predicted molar refractivity (Wildman–Crippen MR) is 78.5 cm³/mol. The lowest BCUT2D eigenvalue weighted by Gasteiger charge is -2.33. The van der Waals surface area contributed by atoms with Crippen LogP contribution in [0.25, 0.3) is 0 Å². The molecule has 1 saturated heterocycles. The fraction of sp³-hybridized carbons (Fsp3) is 0.923. The van der Waals surface area contributed by atoms with Gasteiger partial charge in [-0.2, -0.15) is 0 Å². The molecule has 1 heterocycles. The van der Waals surface area contributed by atoms with Gasteiger partial charge in [0, 0.05) is 19.4 Å². The van der Waals surface area contributed by atoms with Crippen LogP contribution in [0.3, 0.4) is 0 Å². The van der Waals surface area contributed by atoms with Crippen LogP contribution in [0.4, 0.5) is 4.79 Å². The Morgan fingerprint density at radius 1 is 1.40 bits per heavy atom. The third-order valence-corrected chi connectivity index (χ3v) is 4.16. The van der Waals surface area contributed by atoms with Crippen molar-refractivity contribution in [3.63, 3.8) is 0 Å². The largest absolute Gasteiger partial charge is 0.376 e. The lowest BCUT2D eigenvalue weighted by Crippen LogP contribution is -2.51. The lowest BCUT2D eigenvalue weighted by molar-refractivity contribution is -0.0169. The Balaban J connectivity index is 2.38. The van der Waals surface area contributed by atoms with E-state index in [9.17, 15) is 13.2 Å². The van der Waals surface area contributed by atoms with Crippen molar-refractivity contribution in [3.8, 4) is 0 Å². The molecule has 20 heavy (non-hydrogen) atoms. The van der Waals surface area contributed by atoms with Gasteiger partial charge in [-0.15, -0.1) is 0 Å². The minimum absolute atomic E-state index is 0.00406. The minimum Gasteiger partial charge on any atom is -0.376 e. The van der Waals surface area contributed by atoms with Crippen LogP contribution in [0.1, 0.15) is 33.1 Å². The number of hydrogen-bond donors (Lipinski definition) is 2. The van der Waals surface area contributed by atoms with E-state index in [4.69, 9.17) is 4.74 Å². The van der Waals surface area contributed by atoms with Crippen LogP contribution in [0.5, 0.6) is 0 Å². The molecule has 0 radical (unpaired) electrons. The highest BCUT2D eigenvalue weighted by Gasteiger charge is 2.27. The number of hydrogen-bond acceptors (Lipinski definition) is 4. The summed E-state index contributed by atoms with van der Waals surface area (Å²) in [5.41, 5.74) is 0. The van der Waals surface area contributed by atoms with Crippen molar-refractivity contribution in [1.82, 2.24) is 10.6 Å². The maximum Gasteiger partial charge on any atom is 0.315 e. The first-order chi connectivity index (χ1) is 9.28. The minimum atomic E-state index is -3.05. The van der Waals surface area contributed by atoms with Gasteiger partial charge in [-0.05, 0) is 25.2 Å². The molecule has 7 heteroatoms. The summed E-state index contributed by atoms with van der Waals surface area (Å²) < 4.78 is 27.7. The molecule has 2 N–H and O–H groups in total. The number of sulfone groups is 1. The highest BCUT2D eigenvalue weighted by molar-refractivity contribution is 7.90. The number of nitrogens with one attached hydrogen (secondary N) is 2. The second kappa shape index (κ2) is 7.83. The van der Waals surface area contributed by atoms with Gasteiger partial charge >= 0.3 is 6.03 Å². The molecule has 0 aromatic carbocycles. The summed E-state index contributed by atoms with van der Waals surface area (Å²) in [4.78, 5) is 11.8. The van der Waals surface area contributed by atoms with E-state index in [1.807, 2.05) is 0 Å². The van der Waals surface area contributed by atoms with Crippen molar-refractivity contribution in [3.05, 3.63) is 0 Å². The zero-order valence-corrected chi connectivity index (χ0v) is 13.3. The smallest absolute Gasteiger partial charge is 0.315 e. The van der Waals surface area contributed by atoms with Gasteiger partial charge in [-0.3, -0.25) is 0 Å². The van der Waals surface area contributed by atoms with Crippen molar-refractivity contribution in [1.29, 1.82) is 0 Å². The Labute approximate surface area is 121 Å². The van der Waals surface area contributed by atoms with E-state index < -0.39 is 9.84 Å². The summed E-state index contributed by atoms with van der Waals surface area (Å²) in [6.07, 6.45) is 3.94. The first kappa shape index (κ1) is 17.2. The molecule has 1 aliphatic rings. The highest BCUT2D eigenvalue weighted by Crippen LogP contribution is 2.20. The topological polar surface area (TPSA) is 84.5 Å². The van der Waals surface area contributed by atoms with Gasteiger partial charge < -0.3 is 15.4 Å². The maximum absolute atomic E-state index is 11.8. The molecule has 0 bridgehead atoms. The molecule has 0 unspecified atom stereocenters. The Bertz CT molecular complexity index is 409. The summed E-state index contributed by atoms with van der Waals surface area (Å²) in [5, 5.41) is 5.47. The molecule has 0 aromatic rings. The summed E-state index contributed by atoms with van der Waals surface area (Å²) in [6.45, 7) is 5.13. The second-order valence-electron chi connectivity index (χ2n) is 5.82. The number of urea groups is 1. The standard InChI is InChI=1S/C13H26N2O4S/c1-10(2)9-12-11(5-4-7-19-12)15-13(16)14-6-8-20(3,17)18/h10-12H,4-9H2,1-3H3,(H2,14,15,16)/t11-,12-/m0/s1. The molecule has 2 atom stereocenters. The van der Waals surface area contributed by atoms with E-state index in [1.165, 1.54) is 0 Å². The molecule has 0 aromatic heterocycles. The second-order valence-corrected chi connectivity index (χ2v) is 8.08. The summed E-state index contributed by atoms with van der Waals surface area (Å²) in [5.74, 6) is 0.465. The molecule has 1 aliphatic heterocycles. The zero-order chi connectivity index (χ0) is 15.2. The monoisotopic (exact) mass is 306 g/mol. The van der Waals surface area contributed by atoms with Gasteiger partial charge in [-0.25, -0.2) is 13.2 Å². The van der Waals surface area contributed by atoms with Crippen LogP contribution in [0, 0.1) is 5.92 Å². The maximum atomic E-state index is 11.8. The van der Waals surface area contributed by atoms with Crippen LogP contribution in [0.15, 0.2) is 0 Å². The van der Waals surface area contributed by atoms with Gasteiger partial charge in [0.15, 0.2) is 0 Å². The van der Waals surface area contributed by atoms with Crippen LogP contribution in [-0.4, -0.2) is 51.8 Å². The predicted octanol–water partition coefficient (Wildman–Crippen LogP) is 0.924. The van der Waals surface area contributed by atoms with Crippen molar-refractivity contribution >= 4 is 15.9 Å². The van der Waals surface area contributed by atoms with E-state index in [0.717, 1.165) is 32.1 Å². The lowest BCUT2D eigenvalue weighted by atomic mass is 9.95. The van der Waals surface area contributed by atoms with E-state index in [-0.39, 0.29) is 30.5 Å². The number of carbonyl (C=O) groups is 1. The summed E-state index contributed by atoms with van der Waals surface area (Å²) in [6, 6.07) is -0.317. The molecule has 1 fully saturated rings. The quantitative estimate of drug-likeness (QED) is 0.764. The van der Waals surface area contributed by atoms with E-state index in [2.05, 4.69) is 24.5 Å². The molecule has 0 spiro atoms. The summed E-state index contributed by atoms with van der Waals surface area (Å²) >= 11 is 0. The van der Waals surface area contributed by atoms with E-state index in [1.54, 1.807) is 0 Å². The normalized spacial score (nSPS) is 23.6. The third-order valence-electron chi connectivity index (χ3n) is 3.22. The Morgan fingerprint density at radius 3 is 2.70 bits per heavy atom. The molecule has 6 nitrogen and oxygen atoms in total. The van der Waals surface area contributed by atoms with Crippen LogP contribution in [-0.2, 0) is 14.6 Å². The first-order valence-corrected chi connectivity index (χ1v) is 9.17. The number of amides is 2. The van der Waals surface area contributed by atoms with Crippen molar-refractivity contribution < 1.29 is 17.9 Å². The third kappa shape index (κ3) is 7.09. The van der Waals surface area contributed by atoms with E-state index in [0.29, 0.717) is 5.92 Å². The molecule has 0 aliphatic carbocycles. The number of ether oxygens (including phenoxy) is 1. The molecule has 0 saturated carbocycles. The van der Waals surface area contributed by atoms with Crippen LogP contribution >= 0.6 is 0 Å². The summed E-state index contributed by atoms with van der Waals surface area (Å²) in [7, 11) is -3.05. The number of rotatable bonds is 6. The van der Waals surface area contributed by atoms with Gasteiger partial charge in [0.1, 0.15) is 9.84 Å². The van der Waals surface area contributed by atoms with Crippen molar-refractivity contribution in [2.45, 2.75) is 45.3 Å². The van der Waals surface area contributed by atoms with Crippen molar-refractivity contribution in [2.75, 3.05) is 25.2 Å². The van der Waals surface area contributed by atoms with E-state index >= 15 is 0 Å². The Kier molecular flexibility index (Phi) is 6.75. The molecule has 2 amide bonds. The molecule has 1 rings (SSSR count). The average Bonchev–Trinajstić information content (AvgIpc) is 2.29. The number of carbonyl (C=O) groups excluding carboxylic acids is 1. The molecule has 118 valence electrons. The highest BCUT2D eigenvalue weighted by atomic mass is 32.2. The van der Waals surface area contributed by atoms with Gasteiger partial charge in [0.25, 0.3) is 0 Å². The van der Waals surface area contributed by atoms with Crippen LogP contribution in [0.2, 0.25) is 0 Å². The zero-order valence-electron chi connectivity index (χ0n) is 12.5. The van der Waals surface area contributed by atoms with Gasteiger partial charge in [0.05, 0.1) is 17.9 Å². The SMILES string of the molecule is CC(C)C[C@@H]1OCCC[C@@H]1NC(=O)NCCS(C)(=O)=O. The average molecular weight is 306 g/mol. The van der Waals surface area contributed by atoms with Gasteiger partial charge in [0.2, 0.25) is 0 Å². The molecular weight excluding hydrogens is 280 g/mol. The van der Waals surface area contributed by atoms with Gasteiger partial charge in [-0.1, -0.05) is 13.8 Å². The Hall–Kier alpha value is -0.820. The first-order valence-electron chi connectivity index (χ1n) is 7.11. The fourth-order valence-electron chi connectivity index (χ4n) is 2.27. The fourth-order valence-corrected chi connectivity index (χ4v) is 2.74. The van der Waals surface area contributed by atoms with Crippen LogP contribution < -0.4 is 10.6 Å². The van der Waals surface area contributed by atoms with Crippen molar-refractivity contribution in [2.24, 2.45) is 5.92 Å². The Morgan fingerprint density at radius 2 is 2.10 bits per heavy atom.